The summed E-state index contributed by atoms with van der Waals surface area (Å²) in [7, 11) is 0. The van der Waals surface area contributed by atoms with Gasteiger partial charge < -0.3 is 5.73 Å². The van der Waals surface area contributed by atoms with Gasteiger partial charge in [0.2, 0.25) is 0 Å². The predicted molar refractivity (Wildman–Crippen MR) is 41.4 cm³/mol. The van der Waals surface area contributed by atoms with E-state index in [1.807, 2.05) is 6.07 Å². The molecular weight excluding hydrogens is 163 g/mol. The first-order valence-electron chi connectivity index (χ1n) is 3.10. The zero-order valence-corrected chi connectivity index (χ0v) is 6.57. The Morgan fingerprint density at radius 2 is 2.55 bits per heavy atom. The van der Waals surface area contributed by atoms with Crippen LogP contribution >= 0.6 is 11.3 Å². The molecule has 0 fully saturated rings. The lowest BCUT2D eigenvalue weighted by atomic mass is 10.2. The Balaban J connectivity index is 2.70. The molecule has 2 N–H and O–H groups in total. The number of nitrogens with zero attached hydrogens (tertiary/aromatic N) is 1. The van der Waals surface area contributed by atoms with Gasteiger partial charge in [-0.15, -0.1) is 11.3 Å². The van der Waals surface area contributed by atoms with Crippen LogP contribution in [0, 0.1) is 17.1 Å². The number of hydrogen-bond donors (Lipinski definition) is 1. The highest BCUT2D eigenvalue weighted by atomic mass is 32.1. The zero-order chi connectivity index (χ0) is 8.27. The predicted octanol–water partition coefficient (Wildman–Crippen LogP) is 1.80. The van der Waals surface area contributed by atoms with Gasteiger partial charge in [-0.25, -0.2) is 4.39 Å². The van der Waals surface area contributed by atoms with Crippen molar-refractivity contribution in [1.82, 2.24) is 0 Å². The molecule has 0 saturated carbocycles. The van der Waals surface area contributed by atoms with Crippen molar-refractivity contribution >= 4 is 11.3 Å². The van der Waals surface area contributed by atoms with Crippen LogP contribution < -0.4 is 5.73 Å². The molecule has 11 heavy (non-hydrogen) atoms. The van der Waals surface area contributed by atoms with E-state index in [1.165, 1.54) is 22.8 Å². The van der Waals surface area contributed by atoms with Crippen molar-refractivity contribution in [3.63, 3.8) is 0 Å². The van der Waals surface area contributed by atoms with E-state index in [0.717, 1.165) is 4.88 Å². The number of halogens is 1. The van der Waals surface area contributed by atoms with Crippen molar-refractivity contribution in [2.75, 3.05) is 0 Å². The maximum atomic E-state index is 12.4. The summed E-state index contributed by atoms with van der Waals surface area (Å²) < 4.78 is 12.4. The number of hydrogen-bond acceptors (Lipinski definition) is 3. The van der Waals surface area contributed by atoms with Crippen molar-refractivity contribution in [1.29, 1.82) is 5.26 Å². The van der Waals surface area contributed by atoms with E-state index in [9.17, 15) is 4.39 Å². The first-order chi connectivity index (χ1) is 5.24. The average Bonchev–Trinajstić information content (AvgIpc) is 2.36. The zero-order valence-electron chi connectivity index (χ0n) is 5.75. The summed E-state index contributed by atoms with van der Waals surface area (Å²) in [5, 5.41) is 9.67. The highest BCUT2D eigenvalue weighted by Crippen LogP contribution is 2.21. The Morgan fingerprint density at radius 3 is 3.00 bits per heavy atom. The van der Waals surface area contributed by atoms with Gasteiger partial charge in [0.1, 0.15) is 5.82 Å². The third kappa shape index (κ3) is 2.00. The minimum Gasteiger partial charge on any atom is -0.322 e. The number of thiophene rings is 1. The first-order valence-corrected chi connectivity index (χ1v) is 3.98. The summed E-state index contributed by atoms with van der Waals surface area (Å²) in [4.78, 5) is 0.726. The highest BCUT2D eigenvalue weighted by molar-refractivity contribution is 7.10. The molecule has 4 heteroatoms. The van der Waals surface area contributed by atoms with Crippen LogP contribution in [0.15, 0.2) is 11.4 Å². The maximum Gasteiger partial charge on any atom is 0.134 e. The molecule has 0 radical (unpaired) electrons. The Kier molecular flexibility index (Phi) is 2.58. The third-order valence-corrected chi connectivity index (χ3v) is 2.30. The summed E-state index contributed by atoms with van der Waals surface area (Å²) in [6, 6.07) is 2.96. The van der Waals surface area contributed by atoms with E-state index in [2.05, 4.69) is 0 Å². The Morgan fingerprint density at radius 1 is 1.82 bits per heavy atom. The molecule has 0 aliphatic carbocycles. The van der Waals surface area contributed by atoms with E-state index >= 15 is 0 Å². The van der Waals surface area contributed by atoms with Crippen molar-refractivity contribution < 1.29 is 4.39 Å². The van der Waals surface area contributed by atoms with Gasteiger partial charge in [-0.2, -0.15) is 5.26 Å². The molecular formula is C7H7FN2S. The number of nitrogens with two attached hydrogens (primary N) is 1. The highest BCUT2D eigenvalue weighted by Gasteiger charge is 2.07. The van der Waals surface area contributed by atoms with Crippen LogP contribution in [0.4, 0.5) is 4.39 Å². The van der Waals surface area contributed by atoms with Gasteiger partial charge in [-0.1, -0.05) is 0 Å². The van der Waals surface area contributed by atoms with Gasteiger partial charge in [0, 0.05) is 10.3 Å². The smallest absolute Gasteiger partial charge is 0.134 e. The van der Waals surface area contributed by atoms with Crippen molar-refractivity contribution in [2.45, 2.75) is 12.5 Å². The van der Waals surface area contributed by atoms with E-state index in [-0.39, 0.29) is 18.3 Å². The van der Waals surface area contributed by atoms with Crippen LogP contribution in [0.1, 0.15) is 17.3 Å². The molecule has 0 saturated heterocycles. The van der Waals surface area contributed by atoms with Gasteiger partial charge in [0.25, 0.3) is 0 Å². The van der Waals surface area contributed by atoms with Crippen LogP contribution in [0.25, 0.3) is 0 Å². The summed E-state index contributed by atoms with van der Waals surface area (Å²) in [6.45, 7) is 0. The van der Waals surface area contributed by atoms with Crippen LogP contribution in [-0.4, -0.2) is 0 Å². The maximum absolute atomic E-state index is 12.4. The average molecular weight is 170 g/mol. The van der Waals surface area contributed by atoms with Crippen molar-refractivity contribution in [3.05, 3.63) is 22.1 Å². The summed E-state index contributed by atoms with van der Waals surface area (Å²) >= 11 is 1.25. The molecule has 58 valence electrons. The summed E-state index contributed by atoms with van der Waals surface area (Å²) in [6.07, 6.45) is 0.236. The largest absolute Gasteiger partial charge is 0.322 e. The van der Waals surface area contributed by atoms with Gasteiger partial charge >= 0.3 is 0 Å². The molecule has 2 nitrogen and oxygen atoms in total. The minimum absolute atomic E-state index is 0.236. The van der Waals surface area contributed by atoms with Crippen LogP contribution in [0.3, 0.4) is 0 Å². The number of rotatable bonds is 2. The van der Waals surface area contributed by atoms with E-state index in [4.69, 9.17) is 11.0 Å². The van der Waals surface area contributed by atoms with E-state index in [1.54, 1.807) is 0 Å². The standard InChI is InChI=1S/C7H7FN2S/c8-5-3-7(11-4-5)6(10)1-2-9/h3-4,6H,1,10H2/t6-/m1/s1. The summed E-state index contributed by atoms with van der Waals surface area (Å²) in [5.41, 5.74) is 5.54. The molecule has 0 aliphatic rings. The third-order valence-electron chi connectivity index (χ3n) is 1.26. The van der Waals surface area contributed by atoms with Gasteiger partial charge in [0.15, 0.2) is 0 Å². The molecule has 1 heterocycles. The van der Waals surface area contributed by atoms with Crippen molar-refractivity contribution in [3.8, 4) is 6.07 Å². The second-order valence-electron chi connectivity index (χ2n) is 2.14. The van der Waals surface area contributed by atoms with E-state index < -0.39 is 0 Å². The van der Waals surface area contributed by atoms with Gasteiger partial charge in [-0.3, -0.25) is 0 Å². The van der Waals surface area contributed by atoms with Crippen molar-refractivity contribution in [2.24, 2.45) is 5.73 Å². The molecule has 0 unspecified atom stereocenters. The minimum atomic E-state index is -0.338. The topological polar surface area (TPSA) is 49.8 Å². The SMILES string of the molecule is N#CC[C@@H](N)c1cc(F)cs1. The second kappa shape index (κ2) is 3.46. The monoisotopic (exact) mass is 170 g/mol. The molecule has 0 amide bonds. The lowest BCUT2D eigenvalue weighted by Gasteiger charge is -2.00. The van der Waals surface area contributed by atoms with Gasteiger partial charge in [0.05, 0.1) is 18.5 Å². The van der Waals surface area contributed by atoms with Gasteiger partial charge in [-0.05, 0) is 6.07 Å². The quantitative estimate of drug-likeness (QED) is 0.735. The Hall–Kier alpha value is -0.920. The lowest BCUT2D eigenvalue weighted by molar-refractivity contribution is 0.629. The van der Waals surface area contributed by atoms with Crippen LogP contribution in [-0.2, 0) is 0 Å². The molecule has 0 spiro atoms. The van der Waals surface area contributed by atoms with Crippen LogP contribution in [0.5, 0.6) is 0 Å². The Labute approximate surface area is 68.1 Å². The molecule has 0 aromatic carbocycles. The number of nitriles is 1. The fourth-order valence-corrected chi connectivity index (χ4v) is 1.48. The molecule has 1 aromatic heterocycles. The molecule has 1 aromatic rings. The van der Waals surface area contributed by atoms with E-state index in [0.29, 0.717) is 0 Å². The molecule has 0 bridgehead atoms. The fraction of sp³-hybridized carbons (Fsp3) is 0.286. The molecule has 0 aliphatic heterocycles. The molecule has 1 rings (SSSR count). The normalized spacial score (nSPS) is 12.5. The summed E-state index contributed by atoms with van der Waals surface area (Å²) in [5.74, 6) is -0.279. The molecule has 1 atom stereocenters. The first kappa shape index (κ1) is 8.18. The lowest BCUT2D eigenvalue weighted by Crippen LogP contribution is -2.06. The van der Waals surface area contributed by atoms with Crippen LogP contribution in [0.2, 0.25) is 0 Å². The fourth-order valence-electron chi connectivity index (χ4n) is 0.722. The second-order valence-corrected chi connectivity index (χ2v) is 3.08. The Bertz CT molecular complexity index is 276.